The van der Waals surface area contributed by atoms with Crippen LogP contribution in [0.25, 0.3) is 0 Å². The van der Waals surface area contributed by atoms with Gasteiger partial charge in [-0.1, -0.05) is 37.3 Å². The lowest BCUT2D eigenvalue weighted by atomic mass is 9.79. The van der Waals surface area contributed by atoms with E-state index in [4.69, 9.17) is 0 Å². The number of aliphatic hydroxyl groups is 1. The van der Waals surface area contributed by atoms with Crippen LogP contribution < -0.4 is 0 Å². The Hall–Kier alpha value is -1.65. The van der Waals surface area contributed by atoms with E-state index in [0.29, 0.717) is 0 Å². The second-order valence-corrected chi connectivity index (χ2v) is 7.27. The van der Waals surface area contributed by atoms with Gasteiger partial charge in [-0.2, -0.15) is 0 Å². The Labute approximate surface area is 145 Å². The number of aromatic nitrogens is 2. The Morgan fingerprint density at radius 1 is 1.29 bits per heavy atom. The summed E-state index contributed by atoms with van der Waals surface area (Å²) in [6.45, 7) is 7.93. The molecule has 3 rings (SSSR count). The minimum absolute atomic E-state index is 0.253. The number of likely N-dealkylation sites (tertiary alicyclic amines) is 1. The first-order chi connectivity index (χ1) is 11.6. The van der Waals surface area contributed by atoms with Gasteiger partial charge in [0.1, 0.15) is 5.82 Å². The number of piperidine rings is 1. The van der Waals surface area contributed by atoms with Crippen LogP contribution in [0.5, 0.6) is 0 Å². The Morgan fingerprint density at radius 3 is 2.83 bits per heavy atom. The molecule has 1 aromatic heterocycles. The van der Waals surface area contributed by atoms with Crippen LogP contribution in [-0.4, -0.2) is 38.2 Å². The molecule has 0 unspecified atom stereocenters. The van der Waals surface area contributed by atoms with E-state index in [0.717, 1.165) is 51.3 Å². The summed E-state index contributed by atoms with van der Waals surface area (Å²) in [7, 11) is 0. The number of imidazole rings is 1. The largest absolute Gasteiger partial charge is 0.390 e. The molecule has 0 aliphatic carbocycles. The quantitative estimate of drug-likeness (QED) is 0.886. The van der Waals surface area contributed by atoms with Gasteiger partial charge in [-0.3, -0.25) is 4.90 Å². The Balaban J connectivity index is 1.67. The zero-order valence-electron chi connectivity index (χ0n) is 14.9. The minimum Gasteiger partial charge on any atom is -0.390 e. The smallest absolute Gasteiger partial charge is 0.122 e. The van der Waals surface area contributed by atoms with E-state index >= 15 is 0 Å². The lowest BCUT2D eigenvalue weighted by Crippen LogP contribution is -2.50. The van der Waals surface area contributed by atoms with Gasteiger partial charge in [-0.05, 0) is 31.7 Å². The summed E-state index contributed by atoms with van der Waals surface area (Å²) < 4.78 is 2.25. The molecule has 1 fully saturated rings. The number of aryl methyl sites for hydroxylation is 1. The molecule has 4 heteroatoms. The molecular weight excluding hydrogens is 298 g/mol. The van der Waals surface area contributed by atoms with Gasteiger partial charge in [0.15, 0.2) is 0 Å². The van der Waals surface area contributed by atoms with Crippen molar-refractivity contribution in [3.05, 3.63) is 54.1 Å². The molecule has 0 bridgehead atoms. The molecule has 1 aliphatic heterocycles. The normalized spacial score (nSPS) is 25.0. The molecule has 2 atom stereocenters. The van der Waals surface area contributed by atoms with E-state index in [1.807, 2.05) is 19.2 Å². The molecule has 1 saturated heterocycles. The van der Waals surface area contributed by atoms with Crippen molar-refractivity contribution in [1.29, 1.82) is 0 Å². The van der Waals surface area contributed by atoms with Gasteiger partial charge in [-0.25, -0.2) is 4.98 Å². The Morgan fingerprint density at radius 2 is 2.08 bits per heavy atom. The summed E-state index contributed by atoms with van der Waals surface area (Å²) in [6, 6.07) is 10.5. The minimum atomic E-state index is -0.592. The molecular formula is C20H29N3O. The first-order valence-electron chi connectivity index (χ1n) is 9.07. The number of hydrogen-bond donors (Lipinski definition) is 1. The molecule has 130 valence electrons. The maximum absolute atomic E-state index is 10.8. The Kier molecular flexibility index (Phi) is 5.36. The molecule has 1 aliphatic rings. The Bertz CT molecular complexity index is 635. The fraction of sp³-hybridized carbons (Fsp3) is 0.550. The lowest BCUT2D eigenvalue weighted by molar-refractivity contribution is -0.0600. The van der Waals surface area contributed by atoms with Crippen LogP contribution in [0.15, 0.2) is 42.7 Å². The zero-order valence-corrected chi connectivity index (χ0v) is 14.9. The molecule has 0 radical (unpaired) electrons. The molecule has 4 nitrogen and oxygen atoms in total. The van der Waals surface area contributed by atoms with Gasteiger partial charge in [0.2, 0.25) is 0 Å². The van der Waals surface area contributed by atoms with Crippen LogP contribution >= 0.6 is 0 Å². The molecule has 2 aromatic rings. The van der Waals surface area contributed by atoms with E-state index in [-0.39, 0.29) is 5.92 Å². The SMILES string of the molecule is CCCn1ccnc1CN1CC[C@@](C)(O)[C@@H](Cc2ccccc2)C1. The van der Waals surface area contributed by atoms with Gasteiger partial charge in [0.05, 0.1) is 12.1 Å². The molecule has 1 N–H and O–H groups in total. The maximum atomic E-state index is 10.8. The van der Waals surface area contributed by atoms with Crippen LogP contribution in [0.4, 0.5) is 0 Å². The van der Waals surface area contributed by atoms with E-state index in [1.54, 1.807) is 0 Å². The fourth-order valence-electron chi connectivity index (χ4n) is 3.65. The third-order valence-electron chi connectivity index (χ3n) is 5.25. The highest BCUT2D eigenvalue weighted by Gasteiger charge is 2.37. The summed E-state index contributed by atoms with van der Waals surface area (Å²) in [6.07, 6.45) is 6.83. The summed E-state index contributed by atoms with van der Waals surface area (Å²) in [4.78, 5) is 6.98. The van der Waals surface area contributed by atoms with Crippen molar-refractivity contribution in [3.8, 4) is 0 Å². The van der Waals surface area contributed by atoms with Crippen molar-refractivity contribution in [3.63, 3.8) is 0 Å². The number of nitrogens with zero attached hydrogens (tertiary/aromatic N) is 3. The van der Waals surface area contributed by atoms with Gasteiger partial charge in [-0.15, -0.1) is 0 Å². The van der Waals surface area contributed by atoms with E-state index in [2.05, 4.69) is 51.8 Å². The van der Waals surface area contributed by atoms with Crippen molar-refractivity contribution < 1.29 is 5.11 Å². The molecule has 0 amide bonds. The molecule has 0 spiro atoms. The average Bonchev–Trinajstić information content (AvgIpc) is 2.99. The topological polar surface area (TPSA) is 41.3 Å². The lowest BCUT2D eigenvalue weighted by Gasteiger charge is -2.42. The monoisotopic (exact) mass is 327 g/mol. The number of hydrogen-bond acceptors (Lipinski definition) is 3. The van der Waals surface area contributed by atoms with Crippen molar-refractivity contribution in [2.45, 2.75) is 51.8 Å². The summed E-state index contributed by atoms with van der Waals surface area (Å²) in [5.41, 5.74) is 0.711. The van der Waals surface area contributed by atoms with Gasteiger partial charge < -0.3 is 9.67 Å². The highest BCUT2D eigenvalue weighted by atomic mass is 16.3. The first kappa shape index (κ1) is 17.2. The predicted molar refractivity (Wildman–Crippen MR) is 96.7 cm³/mol. The van der Waals surface area contributed by atoms with Crippen molar-refractivity contribution in [2.24, 2.45) is 5.92 Å². The average molecular weight is 327 g/mol. The number of benzene rings is 1. The molecule has 24 heavy (non-hydrogen) atoms. The molecule has 0 saturated carbocycles. The van der Waals surface area contributed by atoms with Crippen molar-refractivity contribution in [1.82, 2.24) is 14.5 Å². The zero-order chi connectivity index (χ0) is 17.0. The van der Waals surface area contributed by atoms with E-state index in [1.165, 1.54) is 5.56 Å². The van der Waals surface area contributed by atoms with Crippen LogP contribution in [0.3, 0.4) is 0 Å². The molecule has 1 aromatic carbocycles. The van der Waals surface area contributed by atoms with Crippen LogP contribution in [0, 0.1) is 5.92 Å². The van der Waals surface area contributed by atoms with Gasteiger partial charge >= 0.3 is 0 Å². The third-order valence-corrected chi connectivity index (χ3v) is 5.25. The van der Waals surface area contributed by atoms with Gasteiger partial charge in [0, 0.05) is 37.9 Å². The third kappa shape index (κ3) is 4.05. The van der Waals surface area contributed by atoms with Gasteiger partial charge in [0.25, 0.3) is 0 Å². The molecule has 2 heterocycles. The fourth-order valence-corrected chi connectivity index (χ4v) is 3.65. The van der Waals surface area contributed by atoms with E-state index < -0.39 is 5.60 Å². The highest BCUT2D eigenvalue weighted by Crippen LogP contribution is 2.31. The van der Waals surface area contributed by atoms with Crippen LogP contribution in [0.1, 0.15) is 38.1 Å². The van der Waals surface area contributed by atoms with Crippen LogP contribution in [0.2, 0.25) is 0 Å². The second-order valence-electron chi connectivity index (χ2n) is 7.27. The first-order valence-corrected chi connectivity index (χ1v) is 9.07. The van der Waals surface area contributed by atoms with Crippen LogP contribution in [-0.2, 0) is 19.5 Å². The summed E-state index contributed by atoms with van der Waals surface area (Å²) in [5.74, 6) is 1.39. The van der Waals surface area contributed by atoms with E-state index in [9.17, 15) is 5.11 Å². The van der Waals surface area contributed by atoms with Crippen molar-refractivity contribution in [2.75, 3.05) is 13.1 Å². The maximum Gasteiger partial charge on any atom is 0.122 e. The second kappa shape index (κ2) is 7.49. The summed E-state index contributed by atoms with van der Waals surface area (Å²) >= 11 is 0. The predicted octanol–water partition coefficient (Wildman–Crippen LogP) is 3.11. The summed E-state index contributed by atoms with van der Waals surface area (Å²) in [5, 5.41) is 10.8. The number of rotatable bonds is 6. The highest BCUT2D eigenvalue weighted by molar-refractivity contribution is 5.16. The standard InChI is InChI=1S/C20H29N3O/c1-3-11-23-13-10-21-19(23)16-22-12-9-20(2,24)18(15-22)14-17-7-5-4-6-8-17/h4-8,10,13,18,24H,3,9,11-12,14-16H2,1-2H3/t18-,20+/m0/s1. The van der Waals surface area contributed by atoms with Crippen molar-refractivity contribution >= 4 is 0 Å².